The first-order chi connectivity index (χ1) is 27.0. The zero-order valence-corrected chi connectivity index (χ0v) is 32.9. The number of aromatic nitrogens is 3. The SMILES string of the molecule is N#Cc1cc(F)cc(COC(CCCCCCCCCCCCCCCCCC(F)(F)F)COP(O)OCC2(C#N)CCC(c3ccc4c(N)ncnn34)O2)c1. The van der Waals surface area contributed by atoms with Crippen molar-refractivity contribution in [3.63, 3.8) is 0 Å². The third kappa shape index (κ3) is 15.8. The van der Waals surface area contributed by atoms with Crippen molar-refractivity contribution in [2.24, 2.45) is 0 Å². The van der Waals surface area contributed by atoms with Gasteiger partial charge in [-0.2, -0.15) is 28.8 Å². The maximum atomic E-state index is 14.0. The van der Waals surface area contributed by atoms with Crippen LogP contribution in [-0.2, 0) is 25.1 Å². The number of hydrogen-bond acceptors (Lipinski definition) is 10. The summed E-state index contributed by atoms with van der Waals surface area (Å²) in [5.74, 6) is -0.192. The molecule has 0 aliphatic carbocycles. The van der Waals surface area contributed by atoms with Crippen LogP contribution in [0.25, 0.3) is 5.52 Å². The molecule has 4 unspecified atom stereocenters. The highest BCUT2D eigenvalue weighted by atomic mass is 31.2. The Hall–Kier alpha value is -3.43. The van der Waals surface area contributed by atoms with E-state index in [1.54, 1.807) is 16.6 Å². The standard InChI is InChI=1S/C40H55F4N6O5P/c41-33-23-31(25-45)22-32(24-33)26-52-34(16-14-12-10-8-6-4-2-1-3-5-7-9-11-13-15-20-40(42,43)44)27-53-56(51)54-29-39(28-46)21-19-37(55-39)35-17-18-36-38(47)48-30-49-50(35)36/h17-18,22-24,30,34,37,51H,1-16,19-21,26-27,29H2,(H2,47,48,49). The van der Waals surface area contributed by atoms with Gasteiger partial charge < -0.3 is 29.1 Å². The van der Waals surface area contributed by atoms with E-state index in [-0.39, 0.29) is 31.8 Å². The van der Waals surface area contributed by atoms with Crippen LogP contribution >= 0.6 is 8.60 Å². The molecule has 3 aromatic rings. The van der Waals surface area contributed by atoms with Gasteiger partial charge in [0.05, 0.1) is 43.3 Å². The molecule has 0 amide bonds. The van der Waals surface area contributed by atoms with E-state index >= 15 is 0 Å². The van der Waals surface area contributed by atoms with Crippen LogP contribution in [0.1, 0.15) is 145 Å². The number of hydrogen-bond donors (Lipinski definition) is 2. The van der Waals surface area contributed by atoms with Gasteiger partial charge in [0, 0.05) is 6.42 Å². The predicted molar refractivity (Wildman–Crippen MR) is 204 cm³/mol. The minimum atomic E-state index is -4.04. The van der Waals surface area contributed by atoms with Crippen molar-refractivity contribution in [3.05, 3.63) is 59.3 Å². The first-order valence-electron chi connectivity index (χ1n) is 19.8. The summed E-state index contributed by atoms with van der Waals surface area (Å²) in [6.45, 7) is -0.128. The fraction of sp³-hybridized carbons (Fsp3) is 0.650. The Balaban J connectivity index is 1.13. The van der Waals surface area contributed by atoms with Crippen molar-refractivity contribution in [1.82, 2.24) is 14.6 Å². The highest BCUT2D eigenvalue weighted by Crippen LogP contribution is 2.43. The van der Waals surface area contributed by atoms with E-state index in [2.05, 4.69) is 16.2 Å². The summed E-state index contributed by atoms with van der Waals surface area (Å²) in [7, 11) is -2.37. The van der Waals surface area contributed by atoms with Crippen molar-refractivity contribution in [2.75, 3.05) is 18.9 Å². The number of ether oxygens (including phenoxy) is 2. The van der Waals surface area contributed by atoms with E-state index in [4.69, 9.17) is 24.3 Å². The maximum Gasteiger partial charge on any atom is 0.389 e. The molecule has 0 bridgehead atoms. The molecule has 4 rings (SSSR count). The number of halogens is 4. The summed E-state index contributed by atoms with van der Waals surface area (Å²) < 4.78 is 75.9. The Labute approximate surface area is 328 Å². The Bertz CT molecular complexity index is 1700. The maximum absolute atomic E-state index is 14.0. The van der Waals surface area contributed by atoms with Gasteiger partial charge in [-0.1, -0.05) is 89.9 Å². The molecule has 0 spiro atoms. The minimum absolute atomic E-state index is 0.0149. The van der Waals surface area contributed by atoms with Gasteiger partial charge in [0.25, 0.3) is 0 Å². The smallest absolute Gasteiger partial charge is 0.382 e. The summed E-state index contributed by atoms with van der Waals surface area (Å²) in [6.07, 6.45) is 12.3. The number of nitrogens with zero attached hydrogens (tertiary/aromatic N) is 5. The molecule has 1 aromatic carbocycles. The van der Waals surface area contributed by atoms with Crippen LogP contribution < -0.4 is 5.73 Å². The number of nitriles is 2. The molecule has 0 radical (unpaired) electrons. The molecule has 1 fully saturated rings. The van der Waals surface area contributed by atoms with Crippen LogP contribution in [0.3, 0.4) is 0 Å². The molecular formula is C40H55F4N6O5P. The fourth-order valence-electron chi connectivity index (χ4n) is 6.97. The largest absolute Gasteiger partial charge is 0.389 e. The van der Waals surface area contributed by atoms with E-state index in [0.717, 1.165) is 69.5 Å². The van der Waals surface area contributed by atoms with E-state index in [9.17, 15) is 33.0 Å². The van der Waals surface area contributed by atoms with Crippen LogP contribution in [0.2, 0.25) is 0 Å². The molecule has 3 N–H and O–H groups in total. The number of nitrogens with two attached hydrogens (primary N) is 1. The second kappa shape index (κ2) is 23.7. The normalized spacial score (nSPS) is 18.2. The molecule has 2 aromatic heterocycles. The zero-order chi connectivity index (χ0) is 40.2. The average Bonchev–Trinajstić information content (AvgIpc) is 3.81. The van der Waals surface area contributed by atoms with Crippen molar-refractivity contribution >= 4 is 19.9 Å². The molecular weight excluding hydrogens is 751 g/mol. The molecule has 1 aliphatic heterocycles. The Morgan fingerprint density at radius 2 is 1.59 bits per heavy atom. The number of alkyl halides is 3. The third-order valence-electron chi connectivity index (χ3n) is 10.1. The Kier molecular flexibility index (Phi) is 19.2. The lowest BCUT2D eigenvalue weighted by molar-refractivity contribution is -0.135. The van der Waals surface area contributed by atoms with Gasteiger partial charge in [0.1, 0.15) is 29.8 Å². The molecule has 308 valence electrons. The summed E-state index contributed by atoms with van der Waals surface area (Å²) in [4.78, 5) is 14.7. The highest BCUT2D eigenvalue weighted by Gasteiger charge is 2.43. The van der Waals surface area contributed by atoms with Crippen LogP contribution in [0.15, 0.2) is 36.7 Å². The van der Waals surface area contributed by atoms with Gasteiger partial charge in [-0.05, 0) is 61.6 Å². The lowest BCUT2D eigenvalue weighted by Gasteiger charge is -2.24. The Morgan fingerprint density at radius 3 is 2.21 bits per heavy atom. The summed E-state index contributed by atoms with van der Waals surface area (Å²) in [6, 6.07) is 11.8. The monoisotopic (exact) mass is 806 g/mol. The molecule has 1 aliphatic rings. The van der Waals surface area contributed by atoms with Gasteiger partial charge in [0.15, 0.2) is 11.4 Å². The number of anilines is 1. The van der Waals surface area contributed by atoms with Crippen LogP contribution in [0, 0.1) is 28.5 Å². The van der Waals surface area contributed by atoms with Gasteiger partial charge in [-0.25, -0.2) is 13.9 Å². The van der Waals surface area contributed by atoms with E-state index in [1.165, 1.54) is 38.1 Å². The first-order valence-corrected chi connectivity index (χ1v) is 20.9. The second-order valence-corrected chi connectivity index (χ2v) is 15.6. The summed E-state index contributed by atoms with van der Waals surface area (Å²) in [5, 5.41) is 23.5. The van der Waals surface area contributed by atoms with Crippen molar-refractivity contribution in [2.45, 2.75) is 153 Å². The molecule has 3 heterocycles. The highest BCUT2D eigenvalue weighted by molar-refractivity contribution is 7.40. The zero-order valence-electron chi connectivity index (χ0n) is 32.0. The van der Waals surface area contributed by atoms with Crippen LogP contribution in [0.5, 0.6) is 0 Å². The number of fused-ring (bicyclic) bond motifs is 1. The number of rotatable bonds is 27. The third-order valence-corrected chi connectivity index (χ3v) is 10.8. The quantitative estimate of drug-likeness (QED) is 0.0431. The molecule has 16 heteroatoms. The van der Waals surface area contributed by atoms with E-state index in [1.807, 2.05) is 12.1 Å². The average molecular weight is 807 g/mol. The van der Waals surface area contributed by atoms with Crippen LogP contribution in [-0.4, -0.2) is 50.6 Å². The molecule has 56 heavy (non-hydrogen) atoms. The van der Waals surface area contributed by atoms with E-state index in [0.29, 0.717) is 42.6 Å². The number of benzene rings is 1. The van der Waals surface area contributed by atoms with Crippen LogP contribution in [0.4, 0.5) is 23.4 Å². The number of nitrogen functional groups attached to an aromatic ring is 1. The van der Waals surface area contributed by atoms with Crippen molar-refractivity contribution in [3.8, 4) is 12.1 Å². The summed E-state index contributed by atoms with van der Waals surface area (Å²) in [5.41, 5.74) is 6.75. The molecule has 1 saturated heterocycles. The van der Waals surface area contributed by atoms with Gasteiger partial charge in [-0.3, -0.25) is 0 Å². The molecule has 11 nitrogen and oxygen atoms in total. The first kappa shape index (κ1) is 45.3. The lowest BCUT2D eigenvalue weighted by atomic mass is 10.0. The minimum Gasteiger partial charge on any atom is -0.382 e. The number of unbranched alkanes of at least 4 members (excludes halogenated alkanes) is 14. The predicted octanol–water partition coefficient (Wildman–Crippen LogP) is 10.5. The van der Waals surface area contributed by atoms with E-state index < -0.39 is 44.8 Å². The lowest BCUT2D eigenvalue weighted by Crippen LogP contribution is -2.31. The van der Waals surface area contributed by atoms with Gasteiger partial charge in [-0.15, -0.1) is 0 Å². The van der Waals surface area contributed by atoms with Crippen molar-refractivity contribution in [1.29, 1.82) is 10.5 Å². The van der Waals surface area contributed by atoms with Gasteiger partial charge >= 0.3 is 14.8 Å². The molecule has 4 atom stereocenters. The fourth-order valence-corrected chi connectivity index (χ4v) is 7.65. The van der Waals surface area contributed by atoms with Gasteiger partial charge in [0.2, 0.25) is 0 Å². The second-order valence-electron chi connectivity index (χ2n) is 14.6. The molecule has 0 saturated carbocycles. The topological polar surface area (TPSA) is 161 Å². The van der Waals surface area contributed by atoms with Crippen molar-refractivity contribution < 1.29 is 41.0 Å². The summed E-state index contributed by atoms with van der Waals surface area (Å²) >= 11 is 0. The Morgan fingerprint density at radius 1 is 0.946 bits per heavy atom.